The van der Waals surface area contributed by atoms with Crippen molar-refractivity contribution >= 4 is 5.91 Å². The number of ether oxygens (including phenoxy) is 2. The normalized spacial score (nSPS) is 25.0. The fourth-order valence-electron chi connectivity index (χ4n) is 4.13. The van der Waals surface area contributed by atoms with Gasteiger partial charge in [0, 0.05) is 30.7 Å². The Bertz CT molecular complexity index is 808. The maximum Gasteiger partial charge on any atom is 0.251 e. The molecule has 5 nitrogen and oxygen atoms in total. The Morgan fingerprint density at radius 3 is 2.74 bits per heavy atom. The van der Waals surface area contributed by atoms with Crippen LogP contribution in [-0.2, 0) is 4.74 Å². The first-order chi connectivity index (χ1) is 13.1. The molecule has 2 aromatic carbocycles. The third kappa shape index (κ3) is 3.84. The molecule has 2 aliphatic rings. The van der Waals surface area contributed by atoms with Crippen LogP contribution in [0.1, 0.15) is 34.0 Å². The molecule has 142 valence electrons. The van der Waals surface area contributed by atoms with Crippen molar-refractivity contribution in [3.63, 3.8) is 0 Å². The first kappa shape index (κ1) is 18.0. The number of fused-ring (bicyclic) bond motifs is 1. The number of rotatable bonds is 4. The first-order valence-electron chi connectivity index (χ1n) is 9.50. The molecule has 1 amide bonds. The van der Waals surface area contributed by atoms with Gasteiger partial charge in [-0.05, 0) is 42.7 Å². The SMILES string of the molecule is COc1ccc(C(=O)N[C@@H]2C[C@H]3CO[C@@H](c4ccccc4)CN3C2)c(C)c1. The summed E-state index contributed by atoms with van der Waals surface area (Å²) in [6.45, 7) is 4.40. The van der Waals surface area contributed by atoms with Crippen LogP contribution >= 0.6 is 0 Å². The molecule has 5 heteroatoms. The molecule has 4 rings (SSSR count). The van der Waals surface area contributed by atoms with Crippen LogP contribution in [0.15, 0.2) is 48.5 Å². The lowest BCUT2D eigenvalue weighted by molar-refractivity contribution is -0.0502. The summed E-state index contributed by atoms with van der Waals surface area (Å²) in [6.07, 6.45) is 1.04. The third-order valence-corrected chi connectivity index (χ3v) is 5.60. The van der Waals surface area contributed by atoms with E-state index in [1.165, 1.54) is 5.56 Å². The van der Waals surface area contributed by atoms with Gasteiger partial charge in [-0.1, -0.05) is 30.3 Å². The minimum atomic E-state index is -0.0134. The zero-order valence-electron chi connectivity index (χ0n) is 15.9. The van der Waals surface area contributed by atoms with Gasteiger partial charge in [-0.15, -0.1) is 0 Å². The Hall–Kier alpha value is -2.37. The minimum Gasteiger partial charge on any atom is -0.497 e. The van der Waals surface area contributed by atoms with Crippen LogP contribution in [0.25, 0.3) is 0 Å². The monoisotopic (exact) mass is 366 g/mol. The van der Waals surface area contributed by atoms with E-state index in [1.807, 2.05) is 31.2 Å². The van der Waals surface area contributed by atoms with Crippen molar-refractivity contribution in [1.82, 2.24) is 10.2 Å². The second-order valence-electron chi connectivity index (χ2n) is 7.43. The lowest BCUT2D eigenvalue weighted by Crippen LogP contribution is -2.43. The van der Waals surface area contributed by atoms with Crippen LogP contribution in [0.2, 0.25) is 0 Å². The Labute approximate surface area is 160 Å². The van der Waals surface area contributed by atoms with Crippen molar-refractivity contribution in [3.05, 3.63) is 65.2 Å². The summed E-state index contributed by atoms with van der Waals surface area (Å²) in [5, 5.41) is 3.21. The van der Waals surface area contributed by atoms with Gasteiger partial charge >= 0.3 is 0 Å². The van der Waals surface area contributed by atoms with Gasteiger partial charge in [0.15, 0.2) is 0 Å². The number of carbonyl (C=O) groups is 1. The predicted molar refractivity (Wildman–Crippen MR) is 104 cm³/mol. The van der Waals surface area contributed by atoms with Gasteiger partial charge in [-0.2, -0.15) is 0 Å². The Balaban J connectivity index is 1.38. The highest BCUT2D eigenvalue weighted by Crippen LogP contribution is 2.30. The first-order valence-corrected chi connectivity index (χ1v) is 9.50. The van der Waals surface area contributed by atoms with Gasteiger partial charge in [0.25, 0.3) is 5.91 Å². The molecule has 2 aliphatic heterocycles. The molecule has 0 spiro atoms. The highest BCUT2D eigenvalue weighted by molar-refractivity contribution is 5.96. The van der Waals surface area contributed by atoms with E-state index in [0.717, 1.165) is 30.8 Å². The summed E-state index contributed by atoms with van der Waals surface area (Å²) < 4.78 is 11.3. The fourth-order valence-corrected chi connectivity index (χ4v) is 4.13. The number of nitrogens with zero attached hydrogens (tertiary/aromatic N) is 1. The maximum absolute atomic E-state index is 12.7. The second-order valence-corrected chi connectivity index (χ2v) is 7.43. The summed E-state index contributed by atoms with van der Waals surface area (Å²) in [6, 6.07) is 16.5. The number of nitrogens with one attached hydrogen (secondary N) is 1. The van der Waals surface area contributed by atoms with Gasteiger partial charge in [0.1, 0.15) is 5.75 Å². The van der Waals surface area contributed by atoms with E-state index in [1.54, 1.807) is 7.11 Å². The van der Waals surface area contributed by atoms with Crippen molar-refractivity contribution in [1.29, 1.82) is 0 Å². The van der Waals surface area contributed by atoms with Crippen LogP contribution in [0, 0.1) is 6.92 Å². The van der Waals surface area contributed by atoms with E-state index in [2.05, 4.69) is 34.5 Å². The van der Waals surface area contributed by atoms with Crippen molar-refractivity contribution < 1.29 is 14.3 Å². The van der Waals surface area contributed by atoms with Crippen molar-refractivity contribution in [2.75, 3.05) is 26.8 Å². The molecule has 2 heterocycles. The molecule has 0 aromatic heterocycles. The summed E-state index contributed by atoms with van der Waals surface area (Å²) in [5.41, 5.74) is 2.85. The molecular formula is C22H26N2O3. The Morgan fingerprint density at radius 1 is 1.19 bits per heavy atom. The molecule has 27 heavy (non-hydrogen) atoms. The lowest BCUT2D eigenvalue weighted by atomic mass is 10.1. The van der Waals surface area contributed by atoms with E-state index >= 15 is 0 Å². The van der Waals surface area contributed by atoms with Crippen LogP contribution in [0.4, 0.5) is 0 Å². The zero-order chi connectivity index (χ0) is 18.8. The molecular weight excluding hydrogens is 340 g/mol. The molecule has 2 saturated heterocycles. The zero-order valence-corrected chi connectivity index (χ0v) is 15.9. The number of carbonyl (C=O) groups excluding carboxylic acids is 1. The van der Waals surface area contributed by atoms with E-state index in [4.69, 9.17) is 9.47 Å². The lowest BCUT2D eigenvalue weighted by Gasteiger charge is -2.35. The largest absolute Gasteiger partial charge is 0.497 e. The van der Waals surface area contributed by atoms with Crippen LogP contribution < -0.4 is 10.1 Å². The number of aryl methyl sites for hydroxylation is 1. The predicted octanol–water partition coefficient (Wildman–Crippen LogP) is 2.95. The Morgan fingerprint density at radius 2 is 2.00 bits per heavy atom. The standard InChI is InChI=1S/C22H26N2O3/c1-15-10-19(26-2)8-9-20(15)22(25)23-17-11-18-14-27-21(13-24(18)12-17)16-6-4-3-5-7-16/h3-10,17-18,21H,11-14H2,1-2H3,(H,23,25)/t17-,18+,21-/m1/s1. The number of amides is 1. The number of benzene rings is 2. The molecule has 3 atom stereocenters. The summed E-state index contributed by atoms with van der Waals surface area (Å²) in [4.78, 5) is 15.2. The maximum atomic E-state index is 12.7. The quantitative estimate of drug-likeness (QED) is 0.904. The smallest absolute Gasteiger partial charge is 0.251 e. The topological polar surface area (TPSA) is 50.8 Å². The average Bonchev–Trinajstić information content (AvgIpc) is 3.09. The molecule has 0 unspecified atom stereocenters. The van der Waals surface area contributed by atoms with Gasteiger partial charge in [-0.3, -0.25) is 9.69 Å². The average molecular weight is 366 g/mol. The third-order valence-electron chi connectivity index (χ3n) is 5.60. The van der Waals surface area contributed by atoms with Crippen molar-refractivity contribution in [3.8, 4) is 5.75 Å². The van der Waals surface area contributed by atoms with Crippen LogP contribution in [-0.4, -0.2) is 49.7 Å². The van der Waals surface area contributed by atoms with E-state index in [-0.39, 0.29) is 18.1 Å². The number of methoxy groups -OCH3 is 1. The van der Waals surface area contributed by atoms with Crippen molar-refractivity contribution in [2.45, 2.75) is 31.5 Å². The Kier molecular flexibility index (Phi) is 5.14. The van der Waals surface area contributed by atoms with E-state index < -0.39 is 0 Å². The fraction of sp³-hybridized carbons (Fsp3) is 0.409. The van der Waals surface area contributed by atoms with Gasteiger partial charge in [-0.25, -0.2) is 0 Å². The van der Waals surface area contributed by atoms with Gasteiger partial charge < -0.3 is 14.8 Å². The number of hydrogen-bond acceptors (Lipinski definition) is 4. The summed E-state index contributed by atoms with van der Waals surface area (Å²) >= 11 is 0. The van der Waals surface area contributed by atoms with Crippen LogP contribution in [0.5, 0.6) is 5.75 Å². The highest BCUT2D eigenvalue weighted by Gasteiger charge is 2.38. The van der Waals surface area contributed by atoms with Crippen molar-refractivity contribution in [2.24, 2.45) is 0 Å². The van der Waals surface area contributed by atoms with E-state index in [9.17, 15) is 4.79 Å². The molecule has 1 N–H and O–H groups in total. The minimum absolute atomic E-state index is 0.0134. The molecule has 0 saturated carbocycles. The number of hydrogen-bond donors (Lipinski definition) is 1. The number of morpholine rings is 1. The molecule has 0 aliphatic carbocycles. The highest BCUT2D eigenvalue weighted by atomic mass is 16.5. The van der Waals surface area contributed by atoms with E-state index in [0.29, 0.717) is 18.2 Å². The second kappa shape index (κ2) is 7.71. The summed E-state index contributed by atoms with van der Waals surface area (Å²) in [7, 11) is 1.63. The molecule has 0 radical (unpaired) electrons. The molecule has 2 aromatic rings. The summed E-state index contributed by atoms with van der Waals surface area (Å²) in [5.74, 6) is 0.756. The molecule has 2 fully saturated rings. The van der Waals surface area contributed by atoms with Gasteiger partial charge in [0.2, 0.25) is 0 Å². The van der Waals surface area contributed by atoms with Crippen LogP contribution in [0.3, 0.4) is 0 Å². The van der Waals surface area contributed by atoms with Gasteiger partial charge in [0.05, 0.1) is 19.8 Å². The molecule has 0 bridgehead atoms.